The van der Waals surface area contributed by atoms with Gasteiger partial charge in [0.2, 0.25) is 0 Å². The van der Waals surface area contributed by atoms with E-state index in [4.69, 9.17) is 0 Å². The molecule has 0 aliphatic rings. The van der Waals surface area contributed by atoms with Crippen molar-refractivity contribution in [2.75, 3.05) is 19.6 Å². The molecule has 0 bridgehead atoms. The van der Waals surface area contributed by atoms with Gasteiger partial charge in [-0.1, -0.05) is 32.9 Å². The molecule has 24 heavy (non-hydrogen) atoms. The second-order valence-corrected chi connectivity index (χ2v) is 6.09. The predicted octanol–water partition coefficient (Wildman–Crippen LogP) is 3.11. The molecular weight excluding hydrogens is 312 g/mol. The lowest BCUT2D eigenvalue weighted by molar-refractivity contribution is 0.123. The Hall–Kier alpha value is -2.44. The average molecular weight is 338 g/mol. The molecule has 3 N–H and O–H groups in total. The van der Waals surface area contributed by atoms with Crippen LogP contribution in [-0.4, -0.2) is 56.9 Å². The molecule has 0 unspecified atom stereocenters. The Balaban J connectivity index is 2.86. The molecule has 0 radical (unpaired) electrons. The third kappa shape index (κ3) is 5.33. The van der Waals surface area contributed by atoms with Crippen molar-refractivity contribution in [3.05, 3.63) is 23.8 Å². The van der Waals surface area contributed by atoms with Gasteiger partial charge in [-0.15, -0.1) is 0 Å². The summed E-state index contributed by atoms with van der Waals surface area (Å²) in [5.74, 6) is -0.393. The predicted molar refractivity (Wildman–Crippen MR) is 90.3 cm³/mol. The monoisotopic (exact) mass is 338 g/mol. The highest BCUT2D eigenvalue weighted by Crippen LogP contribution is 2.28. The smallest absolute Gasteiger partial charge is 0.415 e. The number of carbonyl (C=O) groups is 2. The zero-order valence-corrected chi connectivity index (χ0v) is 14.4. The molecule has 7 nitrogen and oxygen atoms in total. The highest BCUT2D eigenvalue weighted by Gasteiger charge is 2.26. The number of urea groups is 1. The number of para-hydroxylation sites is 1. The Bertz CT molecular complexity index is 574. The van der Waals surface area contributed by atoms with Crippen LogP contribution in [0.15, 0.2) is 18.2 Å². The van der Waals surface area contributed by atoms with Crippen LogP contribution in [0.1, 0.15) is 32.8 Å². The van der Waals surface area contributed by atoms with Crippen LogP contribution in [0.25, 0.3) is 0 Å². The van der Waals surface area contributed by atoms with Crippen molar-refractivity contribution in [1.82, 2.24) is 9.80 Å². The maximum Gasteiger partial charge on any atom is 0.415 e. The zero-order chi connectivity index (χ0) is 18.3. The molecule has 0 aliphatic heterocycles. The largest absolute Gasteiger partial charge is 0.504 e. The van der Waals surface area contributed by atoms with Crippen molar-refractivity contribution in [1.29, 1.82) is 0 Å². The number of benzene rings is 1. The second kappa shape index (κ2) is 9.00. The first-order valence-corrected chi connectivity index (χ1v) is 8.07. The van der Waals surface area contributed by atoms with Crippen LogP contribution in [0.4, 0.5) is 9.59 Å². The number of hydrogen-bond donors (Lipinski definition) is 3. The number of phenolic OH excluding ortho intramolecular Hbond substituents is 2. The Morgan fingerprint density at radius 2 is 1.83 bits per heavy atom. The number of rotatable bonds is 7. The molecule has 0 saturated carbocycles. The molecule has 0 spiro atoms. The summed E-state index contributed by atoms with van der Waals surface area (Å²) >= 11 is 0. The summed E-state index contributed by atoms with van der Waals surface area (Å²) in [6.07, 6.45) is -0.261. The number of carbonyl (C=O) groups excluding carboxylic acids is 1. The molecule has 1 rings (SSSR count). The average Bonchev–Trinajstić information content (AvgIpc) is 2.51. The van der Waals surface area contributed by atoms with E-state index >= 15 is 0 Å². The van der Waals surface area contributed by atoms with Gasteiger partial charge in [0.15, 0.2) is 11.5 Å². The lowest BCUT2D eigenvalue weighted by atomic mass is 10.1. The summed E-state index contributed by atoms with van der Waals surface area (Å²) in [4.78, 5) is 26.2. The topological polar surface area (TPSA) is 101 Å². The summed E-state index contributed by atoms with van der Waals surface area (Å²) in [7, 11) is 0. The number of hydrogen-bond acceptors (Lipinski definition) is 4. The Morgan fingerprint density at radius 3 is 2.38 bits per heavy atom. The molecule has 3 amide bonds. The first kappa shape index (κ1) is 19.6. The quantitative estimate of drug-likeness (QED) is 0.663. The van der Waals surface area contributed by atoms with Gasteiger partial charge in [-0.25, -0.2) is 14.5 Å². The first-order chi connectivity index (χ1) is 11.3. The minimum Gasteiger partial charge on any atom is -0.504 e. The van der Waals surface area contributed by atoms with Gasteiger partial charge in [-0.05, 0) is 30.4 Å². The van der Waals surface area contributed by atoms with Gasteiger partial charge in [-0.2, -0.15) is 0 Å². The van der Waals surface area contributed by atoms with Gasteiger partial charge in [0.05, 0.1) is 0 Å². The second-order valence-electron chi connectivity index (χ2n) is 6.09. The van der Waals surface area contributed by atoms with Gasteiger partial charge >= 0.3 is 12.1 Å². The van der Waals surface area contributed by atoms with Crippen molar-refractivity contribution in [2.45, 2.75) is 33.6 Å². The van der Waals surface area contributed by atoms with E-state index in [9.17, 15) is 24.9 Å². The van der Waals surface area contributed by atoms with E-state index in [1.165, 1.54) is 11.0 Å². The molecule has 0 heterocycles. The van der Waals surface area contributed by atoms with E-state index in [1.807, 2.05) is 20.8 Å². The summed E-state index contributed by atoms with van der Waals surface area (Å²) < 4.78 is 0. The molecular formula is C17H26N2O5. The standard InChI is InChI=1S/C17H26N2O5/c1-4-9-18(16(22)19(17(23)24)11-12(2)3)10-8-13-6-5-7-14(20)15(13)21/h5-7,12,20-21H,4,8-11H2,1-3H3,(H,23,24). The van der Waals surface area contributed by atoms with E-state index in [2.05, 4.69) is 0 Å². The fourth-order valence-electron chi connectivity index (χ4n) is 2.38. The van der Waals surface area contributed by atoms with E-state index < -0.39 is 12.1 Å². The molecule has 7 heteroatoms. The van der Waals surface area contributed by atoms with Gasteiger partial charge in [0.1, 0.15) is 0 Å². The molecule has 1 aromatic rings. The van der Waals surface area contributed by atoms with E-state index in [1.54, 1.807) is 12.1 Å². The maximum absolute atomic E-state index is 12.5. The summed E-state index contributed by atoms with van der Waals surface area (Å²) in [5, 5.41) is 28.6. The van der Waals surface area contributed by atoms with Crippen molar-refractivity contribution < 1.29 is 24.9 Å². The summed E-state index contributed by atoms with van der Waals surface area (Å²) in [5.41, 5.74) is 0.509. The highest BCUT2D eigenvalue weighted by atomic mass is 16.4. The molecule has 1 aromatic carbocycles. The fraction of sp³-hybridized carbons (Fsp3) is 0.529. The summed E-state index contributed by atoms with van der Waals surface area (Å²) in [6.45, 7) is 6.40. The SMILES string of the molecule is CCCN(CCc1cccc(O)c1O)C(=O)N(CC(C)C)C(=O)O. The molecule has 0 atom stereocenters. The normalized spacial score (nSPS) is 10.7. The number of carboxylic acid groups (broad SMARTS) is 1. The number of phenols is 2. The number of amides is 3. The third-order valence-electron chi connectivity index (χ3n) is 3.52. The Morgan fingerprint density at radius 1 is 1.17 bits per heavy atom. The highest BCUT2D eigenvalue weighted by molar-refractivity contribution is 5.90. The van der Waals surface area contributed by atoms with Gasteiger partial charge in [0.25, 0.3) is 0 Å². The van der Waals surface area contributed by atoms with E-state index in [-0.39, 0.29) is 30.5 Å². The number of nitrogens with zero attached hydrogens (tertiary/aromatic N) is 2. The molecule has 134 valence electrons. The van der Waals surface area contributed by atoms with Crippen molar-refractivity contribution >= 4 is 12.1 Å². The van der Waals surface area contributed by atoms with Crippen LogP contribution < -0.4 is 0 Å². The third-order valence-corrected chi connectivity index (χ3v) is 3.52. The van der Waals surface area contributed by atoms with Crippen LogP contribution in [0.3, 0.4) is 0 Å². The molecule has 0 fully saturated rings. The maximum atomic E-state index is 12.5. The first-order valence-electron chi connectivity index (χ1n) is 8.07. The molecule has 0 aromatic heterocycles. The zero-order valence-electron chi connectivity index (χ0n) is 14.4. The Labute approximate surface area is 142 Å². The van der Waals surface area contributed by atoms with Gasteiger partial charge in [-0.3, -0.25) is 0 Å². The van der Waals surface area contributed by atoms with Gasteiger partial charge < -0.3 is 20.2 Å². The van der Waals surface area contributed by atoms with Crippen molar-refractivity contribution in [3.63, 3.8) is 0 Å². The van der Waals surface area contributed by atoms with Gasteiger partial charge in [0, 0.05) is 19.6 Å². The van der Waals surface area contributed by atoms with Crippen LogP contribution in [0, 0.1) is 5.92 Å². The van der Waals surface area contributed by atoms with Crippen molar-refractivity contribution in [2.24, 2.45) is 5.92 Å². The fourth-order valence-corrected chi connectivity index (χ4v) is 2.38. The minimum atomic E-state index is -1.27. The lowest BCUT2D eigenvalue weighted by Crippen LogP contribution is -2.48. The molecule has 0 aliphatic carbocycles. The minimum absolute atomic E-state index is 0.0311. The summed E-state index contributed by atoms with van der Waals surface area (Å²) in [6, 6.07) is 4.09. The Kier molecular flexibility index (Phi) is 7.35. The molecule has 0 saturated heterocycles. The number of aromatic hydroxyl groups is 2. The van der Waals surface area contributed by atoms with E-state index in [0.717, 1.165) is 4.90 Å². The van der Waals surface area contributed by atoms with Crippen LogP contribution in [0.5, 0.6) is 11.5 Å². The lowest BCUT2D eigenvalue weighted by Gasteiger charge is -2.28. The van der Waals surface area contributed by atoms with Crippen LogP contribution in [-0.2, 0) is 6.42 Å². The van der Waals surface area contributed by atoms with Crippen molar-refractivity contribution in [3.8, 4) is 11.5 Å². The number of imide groups is 1. The van der Waals surface area contributed by atoms with Crippen LogP contribution >= 0.6 is 0 Å². The van der Waals surface area contributed by atoms with E-state index in [0.29, 0.717) is 24.9 Å². The van der Waals surface area contributed by atoms with Crippen LogP contribution in [0.2, 0.25) is 0 Å².